The Morgan fingerprint density at radius 2 is 2.14 bits per heavy atom. The average Bonchev–Trinajstić information content (AvgIpc) is 2.92. The Kier molecular flexibility index (Phi) is 4.89. The van der Waals surface area contributed by atoms with Gasteiger partial charge in [0.05, 0.1) is 7.11 Å². The normalized spacial score (nSPS) is 27.3. The van der Waals surface area contributed by atoms with Crippen LogP contribution in [-0.4, -0.2) is 31.0 Å². The molecule has 1 heterocycles. The number of ether oxygens (including phenoxy) is 2. The zero-order valence-corrected chi connectivity index (χ0v) is 13.6. The molecular weight excluding hydrogens is 278 g/mol. The summed E-state index contributed by atoms with van der Waals surface area (Å²) in [7, 11) is 1.71. The van der Waals surface area contributed by atoms with Crippen LogP contribution in [0.15, 0.2) is 12.1 Å². The van der Waals surface area contributed by atoms with E-state index in [1.165, 1.54) is 24.0 Å². The number of rotatable bonds is 5. The lowest BCUT2D eigenvalue weighted by Gasteiger charge is -2.31. The second-order valence-corrected chi connectivity index (χ2v) is 6.62. The molecule has 2 N–H and O–H groups in total. The number of hydrogen-bond acceptors (Lipinski definition) is 4. The molecule has 0 saturated heterocycles. The summed E-state index contributed by atoms with van der Waals surface area (Å²) in [6.45, 7) is 3.15. The van der Waals surface area contributed by atoms with Gasteiger partial charge in [-0.3, -0.25) is 0 Å². The van der Waals surface area contributed by atoms with Crippen LogP contribution in [0.4, 0.5) is 0 Å². The molecule has 3 atom stereocenters. The van der Waals surface area contributed by atoms with Crippen molar-refractivity contribution in [1.29, 1.82) is 0 Å². The van der Waals surface area contributed by atoms with Gasteiger partial charge in [-0.2, -0.15) is 0 Å². The van der Waals surface area contributed by atoms with Crippen molar-refractivity contribution in [1.82, 2.24) is 5.32 Å². The van der Waals surface area contributed by atoms with Crippen molar-refractivity contribution in [2.24, 2.45) is 5.92 Å². The summed E-state index contributed by atoms with van der Waals surface area (Å²) >= 11 is 0. The molecule has 122 valence electrons. The molecule has 1 aromatic carbocycles. The van der Waals surface area contributed by atoms with Crippen LogP contribution in [-0.2, 0) is 13.0 Å². The van der Waals surface area contributed by atoms with E-state index in [0.29, 0.717) is 12.0 Å². The zero-order chi connectivity index (χ0) is 15.5. The zero-order valence-electron chi connectivity index (χ0n) is 13.6. The van der Waals surface area contributed by atoms with Crippen LogP contribution >= 0.6 is 0 Å². The van der Waals surface area contributed by atoms with Crippen LogP contribution in [0.1, 0.15) is 43.7 Å². The van der Waals surface area contributed by atoms with Crippen molar-refractivity contribution < 1.29 is 14.6 Å². The molecule has 1 aromatic rings. The fourth-order valence-corrected chi connectivity index (χ4v) is 3.76. The standard InChI is InChI=1S/C18H27NO3/c1-12-7-14-8-16(21-2)9-15(18(14)22-12)10-19-17-6-4-3-5-13(17)11-20/h8-9,12-13,17,19-20H,3-7,10-11H2,1-2H3. The first-order chi connectivity index (χ1) is 10.7. The molecule has 2 aliphatic rings. The lowest BCUT2D eigenvalue weighted by molar-refractivity contribution is 0.152. The molecule has 1 fully saturated rings. The van der Waals surface area contributed by atoms with Gasteiger partial charge in [0.2, 0.25) is 0 Å². The molecule has 3 rings (SSSR count). The fourth-order valence-electron chi connectivity index (χ4n) is 3.76. The Bertz CT molecular complexity index is 517. The summed E-state index contributed by atoms with van der Waals surface area (Å²) in [6.07, 6.45) is 5.94. The van der Waals surface area contributed by atoms with Gasteiger partial charge in [-0.25, -0.2) is 0 Å². The molecule has 0 bridgehead atoms. The van der Waals surface area contributed by atoms with E-state index in [1.54, 1.807) is 7.11 Å². The van der Waals surface area contributed by atoms with Gasteiger partial charge in [0.15, 0.2) is 0 Å². The minimum atomic E-state index is 0.237. The SMILES string of the molecule is COc1cc(CNC2CCCCC2CO)c2c(c1)CC(C)O2. The van der Waals surface area contributed by atoms with Gasteiger partial charge in [-0.1, -0.05) is 12.8 Å². The summed E-state index contributed by atoms with van der Waals surface area (Å²) in [4.78, 5) is 0. The van der Waals surface area contributed by atoms with Crippen molar-refractivity contribution in [2.75, 3.05) is 13.7 Å². The highest BCUT2D eigenvalue weighted by Crippen LogP contribution is 2.36. The lowest BCUT2D eigenvalue weighted by atomic mass is 9.85. The van der Waals surface area contributed by atoms with Crippen LogP contribution in [0.25, 0.3) is 0 Å². The first kappa shape index (κ1) is 15.6. The van der Waals surface area contributed by atoms with E-state index in [1.807, 2.05) is 0 Å². The van der Waals surface area contributed by atoms with Crippen molar-refractivity contribution in [3.8, 4) is 11.5 Å². The van der Waals surface area contributed by atoms with E-state index >= 15 is 0 Å². The van der Waals surface area contributed by atoms with Crippen LogP contribution < -0.4 is 14.8 Å². The summed E-state index contributed by atoms with van der Waals surface area (Å²) < 4.78 is 11.4. The topological polar surface area (TPSA) is 50.7 Å². The van der Waals surface area contributed by atoms with E-state index in [4.69, 9.17) is 9.47 Å². The fraction of sp³-hybridized carbons (Fsp3) is 0.667. The minimum absolute atomic E-state index is 0.237. The molecule has 0 amide bonds. The van der Waals surface area contributed by atoms with Gasteiger partial charge in [0.25, 0.3) is 0 Å². The molecule has 1 saturated carbocycles. The molecular formula is C18H27NO3. The van der Waals surface area contributed by atoms with Crippen molar-refractivity contribution in [3.63, 3.8) is 0 Å². The van der Waals surface area contributed by atoms with Gasteiger partial charge in [0.1, 0.15) is 17.6 Å². The molecule has 1 aliphatic carbocycles. The lowest BCUT2D eigenvalue weighted by Crippen LogP contribution is -2.39. The smallest absolute Gasteiger partial charge is 0.127 e. The van der Waals surface area contributed by atoms with Gasteiger partial charge in [0, 0.05) is 36.7 Å². The highest BCUT2D eigenvalue weighted by atomic mass is 16.5. The van der Waals surface area contributed by atoms with Crippen molar-refractivity contribution >= 4 is 0 Å². The van der Waals surface area contributed by atoms with Gasteiger partial charge >= 0.3 is 0 Å². The molecule has 0 spiro atoms. The Morgan fingerprint density at radius 1 is 1.32 bits per heavy atom. The minimum Gasteiger partial charge on any atom is -0.497 e. The Morgan fingerprint density at radius 3 is 2.91 bits per heavy atom. The van der Waals surface area contributed by atoms with Crippen LogP contribution in [0.3, 0.4) is 0 Å². The first-order valence-corrected chi connectivity index (χ1v) is 8.42. The molecule has 4 heteroatoms. The maximum absolute atomic E-state index is 9.55. The van der Waals surface area contributed by atoms with Gasteiger partial charge in [-0.05, 0) is 37.8 Å². The number of methoxy groups -OCH3 is 1. The number of aliphatic hydroxyl groups is 1. The molecule has 4 nitrogen and oxygen atoms in total. The van der Waals surface area contributed by atoms with Crippen molar-refractivity contribution in [2.45, 2.75) is 57.7 Å². The number of nitrogens with one attached hydrogen (secondary N) is 1. The van der Waals surface area contributed by atoms with E-state index in [9.17, 15) is 5.11 Å². The summed E-state index contributed by atoms with van der Waals surface area (Å²) in [5.41, 5.74) is 2.41. The summed E-state index contributed by atoms with van der Waals surface area (Å²) in [6, 6.07) is 4.56. The third-order valence-corrected chi connectivity index (χ3v) is 4.98. The quantitative estimate of drug-likeness (QED) is 0.878. The third kappa shape index (κ3) is 3.23. The highest BCUT2D eigenvalue weighted by Gasteiger charge is 2.26. The maximum atomic E-state index is 9.55. The third-order valence-electron chi connectivity index (χ3n) is 4.98. The average molecular weight is 305 g/mol. The van der Waals surface area contributed by atoms with E-state index in [-0.39, 0.29) is 12.7 Å². The summed E-state index contributed by atoms with van der Waals surface area (Å²) in [5.74, 6) is 2.31. The molecule has 0 radical (unpaired) electrons. The highest BCUT2D eigenvalue weighted by molar-refractivity contribution is 5.49. The Balaban J connectivity index is 1.73. The van der Waals surface area contributed by atoms with Gasteiger partial charge in [-0.15, -0.1) is 0 Å². The monoisotopic (exact) mass is 305 g/mol. The predicted octanol–water partition coefficient (Wildman–Crippen LogP) is 2.66. The number of fused-ring (bicyclic) bond motifs is 1. The van der Waals surface area contributed by atoms with E-state index < -0.39 is 0 Å². The maximum Gasteiger partial charge on any atom is 0.127 e. The number of benzene rings is 1. The van der Waals surface area contributed by atoms with E-state index in [0.717, 1.165) is 37.3 Å². The Labute approximate surface area is 132 Å². The largest absolute Gasteiger partial charge is 0.497 e. The van der Waals surface area contributed by atoms with Crippen LogP contribution in [0.5, 0.6) is 11.5 Å². The second-order valence-electron chi connectivity index (χ2n) is 6.62. The number of aliphatic hydroxyl groups excluding tert-OH is 1. The molecule has 1 aliphatic heterocycles. The predicted molar refractivity (Wildman–Crippen MR) is 86.5 cm³/mol. The van der Waals surface area contributed by atoms with E-state index in [2.05, 4.69) is 24.4 Å². The van der Waals surface area contributed by atoms with Crippen LogP contribution in [0, 0.1) is 5.92 Å². The molecule has 0 aromatic heterocycles. The summed E-state index contributed by atoms with van der Waals surface area (Å²) in [5, 5.41) is 13.2. The van der Waals surface area contributed by atoms with Crippen LogP contribution in [0.2, 0.25) is 0 Å². The first-order valence-electron chi connectivity index (χ1n) is 8.42. The number of hydrogen-bond donors (Lipinski definition) is 2. The Hall–Kier alpha value is -1.26. The molecule has 3 unspecified atom stereocenters. The van der Waals surface area contributed by atoms with Gasteiger partial charge < -0.3 is 19.9 Å². The van der Waals surface area contributed by atoms with Crippen molar-refractivity contribution in [3.05, 3.63) is 23.3 Å². The second kappa shape index (κ2) is 6.88. The molecule has 22 heavy (non-hydrogen) atoms.